The van der Waals surface area contributed by atoms with Gasteiger partial charge in [-0.25, -0.2) is 4.98 Å². The molecule has 0 fully saturated rings. The summed E-state index contributed by atoms with van der Waals surface area (Å²) in [6, 6.07) is 5.36. The van der Waals surface area contributed by atoms with Gasteiger partial charge in [0.15, 0.2) is 0 Å². The van der Waals surface area contributed by atoms with Crippen molar-refractivity contribution < 1.29 is 9.90 Å². The Morgan fingerprint density at radius 3 is 2.90 bits per heavy atom. The van der Waals surface area contributed by atoms with Gasteiger partial charge < -0.3 is 10.4 Å². The number of thiophene rings is 1. The number of amides is 1. The molecule has 0 unspecified atom stereocenters. The normalized spacial score (nSPS) is 9.86. The van der Waals surface area contributed by atoms with Gasteiger partial charge in [0.25, 0.3) is 5.91 Å². The molecule has 2 N–H and O–H groups in total. The highest BCUT2D eigenvalue weighted by Crippen LogP contribution is 2.21. The van der Waals surface area contributed by atoms with E-state index < -0.39 is 0 Å². The molecule has 4 nitrogen and oxygen atoms in total. The summed E-state index contributed by atoms with van der Waals surface area (Å²) in [5.74, 6) is 6.06. The zero-order chi connectivity index (χ0) is 15.2. The van der Waals surface area contributed by atoms with Gasteiger partial charge in [-0.15, -0.1) is 11.3 Å². The van der Waals surface area contributed by atoms with Gasteiger partial charge in [0.1, 0.15) is 5.82 Å². The van der Waals surface area contributed by atoms with Gasteiger partial charge in [0.2, 0.25) is 0 Å². The molecule has 2 heterocycles. The lowest BCUT2D eigenvalue weighted by Crippen LogP contribution is -2.11. The monoisotopic (exact) mass is 300 g/mol. The molecule has 2 aromatic rings. The van der Waals surface area contributed by atoms with Crippen LogP contribution in [0.3, 0.4) is 0 Å². The molecule has 0 saturated heterocycles. The molecule has 0 aliphatic rings. The molecule has 0 radical (unpaired) electrons. The van der Waals surface area contributed by atoms with Gasteiger partial charge in [-0.3, -0.25) is 4.79 Å². The predicted octanol–water partition coefficient (Wildman–Crippen LogP) is 2.75. The maximum absolute atomic E-state index is 12.1. The highest BCUT2D eigenvalue weighted by Gasteiger charge is 2.11. The Bertz CT molecular complexity index is 691. The molecule has 0 bridgehead atoms. The molecule has 21 heavy (non-hydrogen) atoms. The van der Waals surface area contributed by atoms with Gasteiger partial charge in [-0.05, 0) is 37.6 Å². The van der Waals surface area contributed by atoms with Crippen LogP contribution in [-0.4, -0.2) is 22.6 Å². The van der Waals surface area contributed by atoms with Crippen LogP contribution >= 0.6 is 11.3 Å². The summed E-state index contributed by atoms with van der Waals surface area (Å²) in [4.78, 5) is 18.1. The molecular formula is C16H16N2O2S. The number of nitrogens with zero attached hydrogens (tertiary/aromatic N) is 1. The highest BCUT2D eigenvalue weighted by atomic mass is 32.1. The molecule has 0 atom stereocenters. The molecule has 2 rings (SSSR count). The Kier molecular flexibility index (Phi) is 5.09. The fraction of sp³-hybridized carbons (Fsp3) is 0.250. The molecule has 0 aromatic carbocycles. The zero-order valence-electron chi connectivity index (χ0n) is 11.9. The maximum Gasteiger partial charge on any atom is 0.266 e. The van der Waals surface area contributed by atoms with E-state index in [9.17, 15) is 4.79 Å². The summed E-state index contributed by atoms with van der Waals surface area (Å²) in [6.07, 6.45) is 2.03. The van der Waals surface area contributed by atoms with Crippen molar-refractivity contribution in [1.82, 2.24) is 4.98 Å². The molecule has 0 aliphatic carbocycles. The summed E-state index contributed by atoms with van der Waals surface area (Å²) in [7, 11) is 0. The third kappa shape index (κ3) is 4.15. The Morgan fingerprint density at radius 1 is 1.43 bits per heavy atom. The van der Waals surface area contributed by atoms with E-state index in [1.54, 1.807) is 18.3 Å². The van der Waals surface area contributed by atoms with Crippen LogP contribution in [0.15, 0.2) is 24.4 Å². The standard InChI is InChI=1S/C16H16N2O2S/c1-11-9-14(21-12(11)2)16(20)18-15-10-13(6-7-17-15)5-3-4-8-19/h6-7,9-10,19H,4,8H2,1-2H3,(H,17,18,20). The van der Waals surface area contributed by atoms with Crippen molar-refractivity contribution in [3.63, 3.8) is 0 Å². The second-order valence-electron chi connectivity index (χ2n) is 4.51. The number of rotatable bonds is 3. The number of hydrogen-bond acceptors (Lipinski definition) is 4. The first-order chi connectivity index (χ1) is 10.1. The minimum atomic E-state index is -0.163. The van der Waals surface area contributed by atoms with Crippen LogP contribution in [0.5, 0.6) is 0 Å². The van der Waals surface area contributed by atoms with Crippen molar-refractivity contribution in [2.45, 2.75) is 20.3 Å². The fourth-order valence-corrected chi connectivity index (χ4v) is 2.59. The minimum Gasteiger partial charge on any atom is -0.395 e. The van der Waals surface area contributed by atoms with Crippen molar-refractivity contribution in [2.24, 2.45) is 0 Å². The van der Waals surface area contributed by atoms with E-state index in [-0.39, 0.29) is 12.5 Å². The van der Waals surface area contributed by atoms with E-state index in [0.717, 1.165) is 16.0 Å². The van der Waals surface area contributed by atoms with Crippen molar-refractivity contribution in [1.29, 1.82) is 0 Å². The lowest BCUT2D eigenvalue weighted by Gasteiger charge is -2.02. The van der Waals surface area contributed by atoms with Crippen LogP contribution in [0.25, 0.3) is 0 Å². The average Bonchev–Trinajstić information content (AvgIpc) is 2.80. The molecule has 1 amide bonds. The Morgan fingerprint density at radius 2 is 2.24 bits per heavy atom. The quantitative estimate of drug-likeness (QED) is 0.857. The summed E-state index contributed by atoms with van der Waals surface area (Å²) in [6.45, 7) is 4.02. The molecular weight excluding hydrogens is 284 g/mol. The minimum absolute atomic E-state index is 0.0404. The molecule has 0 saturated carbocycles. The van der Waals surface area contributed by atoms with Gasteiger partial charge in [-0.1, -0.05) is 11.8 Å². The summed E-state index contributed by atoms with van der Waals surface area (Å²) in [5.41, 5.74) is 1.87. The largest absolute Gasteiger partial charge is 0.395 e. The number of nitrogens with one attached hydrogen (secondary N) is 1. The van der Waals surface area contributed by atoms with Crippen LogP contribution in [0.1, 0.15) is 32.1 Å². The van der Waals surface area contributed by atoms with Gasteiger partial charge in [0.05, 0.1) is 11.5 Å². The fourth-order valence-electron chi connectivity index (χ4n) is 1.66. The van der Waals surface area contributed by atoms with Crippen LogP contribution in [0, 0.1) is 25.7 Å². The first kappa shape index (κ1) is 15.2. The first-order valence-electron chi connectivity index (χ1n) is 6.54. The zero-order valence-corrected chi connectivity index (χ0v) is 12.8. The topological polar surface area (TPSA) is 62.2 Å². The van der Waals surface area contributed by atoms with E-state index in [2.05, 4.69) is 22.1 Å². The van der Waals surface area contributed by atoms with Crippen molar-refractivity contribution in [3.05, 3.63) is 45.3 Å². The van der Waals surface area contributed by atoms with E-state index in [1.807, 2.05) is 19.9 Å². The number of hydrogen-bond donors (Lipinski definition) is 2. The number of aromatic nitrogens is 1. The Labute approximate surface area is 127 Å². The number of aliphatic hydroxyl groups is 1. The number of anilines is 1. The molecule has 0 aliphatic heterocycles. The first-order valence-corrected chi connectivity index (χ1v) is 7.36. The third-order valence-corrected chi connectivity index (χ3v) is 4.01. The number of carbonyl (C=O) groups is 1. The lowest BCUT2D eigenvalue weighted by molar-refractivity contribution is 0.103. The number of aliphatic hydroxyl groups excluding tert-OH is 1. The van der Waals surface area contributed by atoms with Gasteiger partial charge in [0, 0.05) is 23.1 Å². The molecule has 108 valence electrons. The van der Waals surface area contributed by atoms with Crippen LogP contribution in [0.2, 0.25) is 0 Å². The van der Waals surface area contributed by atoms with Gasteiger partial charge >= 0.3 is 0 Å². The highest BCUT2D eigenvalue weighted by molar-refractivity contribution is 7.14. The van der Waals surface area contributed by atoms with Crippen molar-refractivity contribution >= 4 is 23.1 Å². The maximum atomic E-state index is 12.1. The third-order valence-electron chi connectivity index (χ3n) is 2.86. The Hall–Kier alpha value is -2.16. The van der Waals surface area contributed by atoms with E-state index in [4.69, 9.17) is 5.11 Å². The van der Waals surface area contributed by atoms with Crippen LogP contribution in [-0.2, 0) is 0 Å². The molecule has 5 heteroatoms. The van der Waals surface area contributed by atoms with Crippen molar-refractivity contribution in [3.8, 4) is 11.8 Å². The number of aryl methyl sites for hydroxylation is 2. The summed E-state index contributed by atoms with van der Waals surface area (Å²) < 4.78 is 0. The smallest absolute Gasteiger partial charge is 0.266 e. The summed E-state index contributed by atoms with van der Waals surface area (Å²) >= 11 is 1.47. The number of carbonyl (C=O) groups excluding carboxylic acids is 1. The summed E-state index contributed by atoms with van der Waals surface area (Å²) in [5, 5.41) is 11.5. The SMILES string of the molecule is Cc1cc(C(=O)Nc2cc(C#CCCO)ccn2)sc1C. The lowest BCUT2D eigenvalue weighted by atomic mass is 10.2. The second kappa shape index (κ2) is 7.02. The van der Waals surface area contributed by atoms with E-state index >= 15 is 0 Å². The van der Waals surface area contributed by atoms with E-state index in [0.29, 0.717) is 17.1 Å². The van der Waals surface area contributed by atoms with Gasteiger partial charge in [-0.2, -0.15) is 0 Å². The van der Waals surface area contributed by atoms with Crippen LogP contribution in [0.4, 0.5) is 5.82 Å². The molecule has 0 spiro atoms. The number of pyridine rings is 1. The van der Waals surface area contributed by atoms with E-state index in [1.165, 1.54) is 11.3 Å². The average molecular weight is 300 g/mol. The predicted molar refractivity (Wildman–Crippen MR) is 84.6 cm³/mol. The van der Waals surface area contributed by atoms with Crippen LogP contribution < -0.4 is 5.32 Å². The van der Waals surface area contributed by atoms with Crippen molar-refractivity contribution in [2.75, 3.05) is 11.9 Å². The molecule has 2 aromatic heterocycles. The Balaban J connectivity index is 2.11. The second-order valence-corrected chi connectivity index (χ2v) is 5.77.